The van der Waals surface area contributed by atoms with Crippen molar-refractivity contribution in [1.82, 2.24) is 0 Å². The van der Waals surface area contributed by atoms with Crippen LogP contribution in [0.5, 0.6) is 0 Å². The number of hydrogen-bond donors (Lipinski definition) is 1. The van der Waals surface area contributed by atoms with E-state index in [-0.39, 0.29) is 5.57 Å². The van der Waals surface area contributed by atoms with Gasteiger partial charge in [0, 0.05) is 0 Å². The van der Waals surface area contributed by atoms with Gasteiger partial charge in [-0.3, -0.25) is 0 Å². The van der Waals surface area contributed by atoms with Crippen molar-refractivity contribution in [2.75, 3.05) is 0 Å². The van der Waals surface area contributed by atoms with E-state index in [2.05, 4.69) is 0 Å². The van der Waals surface area contributed by atoms with E-state index in [1.54, 1.807) is 31.2 Å². The van der Waals surface area contributed by atoms with E-state index in [0.29, 0.717) is 16.9 Å². The molecular weight excluding hydrogens is 235 g/mol. The van der Waals surface area contributed by atoms with Crippen molar-refractivity contribution in [3.63, 3.8) is 0 Å². The number of rotatable bonds is 3. The van der Waals surface area contributed by atoms with Crippen molar-refractivity contribution in [2.24, 2.45) is 0 Å². The molecule has 0 saturated carbocycles. The van der Waals surface area contributed by atoms with Crippen LogP contribution in [0.1, 0.15) is 16.9 Å². The molecule has 1 heterocycles. The molecule has 2 aromatic rings. The fourth-order valence-electron chi connectivity index (χ4n) is 1.54. The molecule has 1 N–H and O–H groups in total. The summed E-state index contributed by atoms with van der Waals surface area (Å²) >= 11 is 0. The smallest absolute Gasteiger partial charge is 0.336 e. The summed E-state index contributed by atoms with van der Waals surface area (Å²) in [5, 5.41) is 9.15. The average molecular weight is 246 g/mol. The van der Waals surface area contributed by atoms with Crippen molar-refractivity contribution < 1.29 is 18.7 Å². The average Bonchev–Trinajstić information content (AvgIpc) is 2.82. The summed E-state index contributed by atoms with van der Waals surface area (Å²) in [6.45, 7) is 1.62. The first-order chi connectivity index (χ1) is 8.58. The summed E-state index contributed by atoms with van der Waals surface area (Å²) in [5.41, 5.74) is 0.771. The molecule has 2 rings (SSSR count). The summed E-state index contributed by atoms with van der Waals surface area (Å²) in [7, 11) is 0. The Morgan fingerprint density at radius 2 is 2.17 bits per heavy atom. The molecule has 0 saturated heterocycles. The van der Waals surface area contributed by atoms with Crippen LogP contribution in [0.4, 0.5) is 4.39 Å². The van der Waals surface area contributed by atoms with Gasteiger partial charge in [-0.2, -0.15) is 0 Å². The summed E-state index contributed by atoms with van der Waals surface area (Å²) in [6, 6.07) is 7.61. The second kappa shape index (κ2) is 4.87. The minimum absolute atomic E-state index is 0.0103. The standard InChI is InChI=1S/C14H11FO3/c1-9-4-5-10(7-13(9)15)12(14(16)17)8-11-3-2-6-18-11/h2-8H,1H3,(H,16,17)/b12-8-. The molecule has 92 valence electrons. The third kappa shape index (κ3) is 2.48. The topological polar surface area (TPSA) is 50.4 Å². The molecule has 1 aromatic heterocycles. The summed E-state index contributed by atoms with van der Waals surface area (Å²) in [5.74, 6) is -1.15. The van der Waals surface area contributed by atoms with Crippen molar-refractivity contribution in [3.05, 3.63) is 59.3 Å². The fourth-order valence-corrected chi connectivity index (χ4v) is 1.54. The van der Waals surface area contributed by atoms with E-state index in [4.69, 9.17) is 9.52 Å². The zero-order valence-electron chi connectivity index (χ0n) is 9.68. The normalized spacial score (nSPS) is 11.6. The van der Waals surface area contributed by atoms with Crippen LogP contribution in [0.3, 0.4) is 0 Å². The minimum Gasteiger partial charge on any atom is -0.478 e. The third-order valence-electron chi connectivity index (χ3n) is 2.54. The number of carboxylic acids is 1. The van der Waals surface area contributed by atoms with Crippen molar-refractivity contribution in [1.29, 1.82) is 0 Å². The highest BCUT2D eigenvalue weighted by atomic mass is 19.1. The Labute approximate surface area is 103 Å². The quantitative estimate of drug-likeness (QED) is 0.845. The molecule has 3 nitrogen and oxygen atoms in total. The van der Waals surface area contributed by atoms with E-state index in [9.17, 15) is 9.18 Å². The summed E-state index contributed by atoms with van der Waals surface area (Å²) < 4.78 is 18.5. The lowest BCUT2D eigenvalue weighted by Gasteiger charge is -2.04. The van der Waals surface area contributed by atoms with Crippen LogP contribution in [0.25, 0.3) is 11.6 Å². The van der Waals surface area contributed by atoms with E-state index < -0.39 is 11.8 Å². The molecule has 1 aromatic carbocycles. The molecule has 0 fully saturated rings. The van der Waals surface area contributed by atoms with Gasteiger partial charge >= 0.3 is 5.97 Å². The van der Waals surface area contributed by atoms with Gasteiger partial charge in [-0.05, 0) is 42.3 Å². The number of halogens is 1. The minimum atomic E-state index is -1.13. The van der Waals surface area contributed by atoms with E-state index in [0.717, 1.165) is 0 Å². The van der Waals surface area contributed by atoms with Crippen molar-refractivity contribution in [2.45, 2.75) is 6.92 Å². The van der Waals surface area contributed by atoms with Gasteiger partial charge in [0.15, 0.2) is 0 Å². The lowest BCUT2D eigenvalue weighted by atomic mass is 10.0. The second-order valence-electron chi connectivity index (χ2n) is 3.84. The first-order valence-corrected chi connectivity index (χ1v) is 5.33. The van der Waals surface area contributed by atoms with Crippen LogP contribution in [-0.4, -0.2) is 11.1 Å². The molecule has 0 atom stereocenters. The number of hydrogen-bond acceptors (Lipinski definition) is 2. The Morgan fingerprint density at radius 1 is 1.39 bits per heavy atom. The summed E-state index contributed by atoms with van der Waals surface area (Å²) in [4.78, 5) is 11.2. The highest BCUT2D eigenvalue weighted by Crippen LogP contribution is 2.21. The summed E-state index contributed by atoms with van der Waals surface area (Å²) in [6.07, 6.45) is 2.81. The molecule has 18 heavy (non-hydrogen) atoms. The Kier molecular flexibility index (Phi) is 3.28. The highest BCUT2D eigenvalue weighted by Gasteiger charge is 2.12. The van der Waals surface area contributed by atoms with E-state index in [1.165, 1.54) is 18.4 Å². The number of aliphatic carboxylic acids is 1. The molecule has 0 radical (unpaired) electrons. The maximum atomic E-state index is 13.4. The molecule has 0 unspecified atom stereocenters. The van der Waals surface area contributed by atoms with Gasteiger partial charge in [-0.15, -0.1) is 0 Å². The molecule has 0 spiro atoms. The van der Waals surface area contributed by atoms with Crippen LogP contribution in [0.15, 0.2) is 41.0 Å². The van der Waals surface area contributed by atoms with Gasteiger partial charge in [0.25, 0.3) is 0 Å². The monoisotopic (exact) mass is 246 g/mol. The molecule has 0 aliphatic heterocycles. The van der Waals surface area contributed by atoms with Gasteiger partial charge in [0.1, 0.15) is 11.6 Å². The van der Waals surface area contributed by atoms with Crippen molar-refractivity contribution >= 4 is 17.6 Å². The Morgan fingerprint density at radius 3 is 2.72 bits per heavy atom. The number of benzene rings is 1. The van der Waals surface area contributed by atoms with Gasteiger partial charge < -0.3 is 9.52 Å². The van der Waals surface area contributed by atoms with Crippen LogP contribution in [0, 0.1) is 12.7 Å². The maximum absolute atomic E-state index is 13.4. The SMILES string of the molecule is Cc1ccc(/C(=C/c2ccco2)C(=O)O)cc1F. The molecular formula is C14H11FO3. The third-order valence-corrected chi connectivity index (χ3v) is 2.54. The van der Waals surface area contributed by atoms with E-state index >= 15 is 0 Å². The van der Waals surface area contributed by atoms with Gasteiger partial charge in [-0.25, -0.2) is 9.18 Å². The Hall–Kier alpha value is -2.36. The molecule has 0 aliphatic rings. The second-order valence-corrected chi connectivity index (χ2v) is 3.84. The van der Waals surface area contributed by atoms with E-state index in [1.807, 2.05) is 0 Å². The van der Waals surface area contributed by atoms with Gasteiger partial charge in [0.2, 0.25) is 0 Å². The number of carboxylic acid groups (broad SMARTS) is 1. The first-order valence-electron chi connectivity index (χ1n) is 5.33. The number of furan rings is 1. The largest absolute Gasteiger partial charge is 0.478 e. The number of aryl methyl sites for hydroxylation is 1. The number of carbonyl (C=O) groups is 1. The highest BCUT2D eigenvalue weighted by molar-refractivity contribution is 6.20. The lowest BCUT2D eigenvalue weighted by Crippen LogP contribution is -2.00. The maximum Gasteiger partial charge on any atom is 0.336 e. The van der Waals surface area contributed by atoms with Crippen LogP contribution >= 0.6 is 0 Å². The van der Waals surface area contributed by atoms with Gasteiger partial charge in [-0.1, -0.05) is 12.1 Å². The molecule has 0 amide bonds. The predicted molar refractivity (Wildman–Crippen MR) is 65.4 cm³/mol. The fraction of sp³-hybridized carbons (Fsp3) is 0.0714. The molecule has 0 bridgehead atoms. The first kappa shape index (κ1) is 12.1. The zero-order chi connectivity index (χ0) is 13.1. The Balaban J connectivity index is 2.48. The van der Waals surface area contributed by atoms with Crippen LogP contribution in [-0.2, 0) is 4.79 Å². The molecule has 0 aliphatic carbocycles. The van der Waals surface area contributed by atoms with Crippen LogP contribution < -0.4 is 0 Å². The van der Waals surface area contributed by atoms with Crippen LogP contribution in [0.2, 0.25) is 0 Å². The predicted octanol–water partition coefficient (Wildman–Crippen LogP) is 3.35. The Bertz CT molecular complexity index is 598. The zero-order valence-corrected chi connectivity index (χ0v) is 9.68. The van der Waals surface area contributed by atoms with Gasteiger partial charge in [0.05, 0.1) is 11.8 Å². The van der Waals surface area contributed by atoms with Crippen molar-refractivity contribution in [3.8, 4) is 0 Å². The lowest BCUT2D eigenvalue weighted by molar-refractivity contribution is -0.130. The molecule has 4 heteroatoms.